The highest BCUT2D eigenvalue weighted by Gasteiger charge is 2.48. The molecule has 2 atom stereocenters. The lowest BCUT2D eigenvalue weighted by molar-refractivity contribution is 0.601. The molecule has 102 valence electrons. The maximum Gasteiger partial charge on any atom is 0.161 e. The Morgan fingerprint density at radius 2 is 2.05 bits per heavy atom. The second-order valence-electron chi connectivity index (χ2n) is 5.19. The van der Waals surface area contributed by atoms with E-state index < -0.39 is 9.84 Å². The molecule has 0 spiro atoms. The van der Waals surface area contributed by atoms with Crippen molar-refractivity contribution in [2.45, 2.75) is 25.1 Å². The number of benzene rings is 1. The van der Waals surface area contributed by atoms with Crippen LogP contribution in [0.3, 0.4) is 0 Å². The van der Waals surface area contributed by atoms with E-state index >= 15 is 0 Å². The molecule has 2 aliphatic rings. The van der Waals surface area contributed by atoms with Gasteiger partial charge in [0.25, 0.3) is 0 Å². The van der Waals surface area contributed by atoms with Gasteiger partial charge in [-0.2, -0.15) is 0 Å². The molecule has 0 unspecified atom stereocenters. The van der Waals surface area contributed by atoms with Gasteiger partial charge >= 0.3 is 0 Å². The number of nitrogens with one attached hydrogen (secondary N) is 1. The Labute approximate surface area is 117 Å². The fourth-order valence-electron chi connectivity index (χ4n) is 2.79. The third-order valence-electron chi connectivity index (χ3n) is 3.92. The number of hydrogen-bond acceptors (Lipinski definition) is 4. The topological polar surface area (TPSA) is 61.2 Å². The Balaban J connectivity index is 2.05. The maximum atomic E-state index is 11.8. The van der Waals surface area contributed by atoms with Crippen molar-refractivity contribution in [3.8, 4) is 0 Å². The maximum absolute atomic E-state index is 11.8. The molecule has 1 N–H and O–H groups in total. The van der Waals surface area contributed by atoms with Gasteiger partial charge in [-0.1, -0.05) is 23.9 Å². The van der Waals surface area contributed by atoms with Crippen LogP contribution in [0, 0.1) is 19.3 Å². The van der Waals surface area contributed by atoms with Crippen LogP contribution in [0.5, 0.6) is 0 Å². The lowest BCUT2D eigenvalue weighted by Gasteiger charge is -2.26. The monoisotopic (exact) mass is 296 g/mol. The first kappa shape index (κ1) is 13.0. The van der Waals surface area contributed by atoms with Crippen molar-refractivity contribution in [1.29, 1.82) is 5.41 Å². The first-order valence-corrected chi connectivity index (χ1v) is 8.90. The van der Waals surface area contributed by atoms with Gasteiger partial charge in [0.15, 0.2) is 15.0 Å². The van der Waals surface area contributed by atoms with Crippen LogP contribution >= 0.6 is 11.8 Å². The molecule has 1 aromatic rings. The SMILES string of the molecule is Cc1cccc(N2C(=N)S[C@H]3CS(=O)(=O)C[C@H]32)c1C. The van der Waals surface area contributed by atoms with E-state index in [4.69, 9.17) is 5.41 Å². The molecular weight excluding hydrogens is 280 g/mol. The summed E-state index contributed by atoms with van der Waals surface area (Å²) in [6, 6.07) is 5.90. The number of nitrogens with zero attached hydrogens (tertiary/aromatic N) is 1. The smallest absolute Gasteiger partial charge is 0.161 e. The molecule has 6 heteroatoms. The van der Waals surface area contributed by atoms with Crippen LogP contribution in [0.2, 0.25) is 0 Å². The molecule has 0 aromatic heterocycles. The molecule has 0 amide bonds. The lowest BCUT2D eigenvalue weighted by Crippen LogP contribution is -2.37. The van der Waals surface area contributed by atoms with E-state index in [-0.39, 0.29) is 22.8 Å². The summed E-state index contributed by atoms with van der Waals surface area (Å²) in [5.74, 6) is 0.368. The van der Waals surface area contributed by atoms with Gasteiger partial charge < -0.3 is 4.90 Å². The van der Waals surface area contributed by atoms with Crippen molar-refractivity contribution in [3.05, 3.63) is 29.3 Å². The molecule has 2 fully saturated rings. The van der Waals surface area contributed by atoms with Gasteiger partial charge in [-0.15, -0.1) is 0 Å². The zero-order valence-corrected chi connectivity index (χ0v) is 12.5. The Bertz CT molecular complexity index is 655. The first-order chi connectivity index (χ1) is 8.89. The summed E-state index contributed by atoms with van der Waals surface area (Å²) >= 11 is 1.39. The Morgan fingerprint density at radius 3 is 2.79 bits per heavy atom. The third-order valence-corrected chi connectivity index (χ3v) is 7.05. The second-order valence-corrected chi connectivity index (χ2v) is 8.58. The van der Waals surface area contributed by atoms with Gasteiger partial charge in [-0.3, -0.25) is 5.41 Å². The van der Waals surface area contributed by atoms with Gasteiger partial charge in [0, 0.05) is 10.9 Å². The molecule has 1 aromatic carbocycles. The quantitative estimate of drug-likeness (QED) is 0.860. The zero-order valence-electron chi connectivity index (χ0n) is 10.9. The second kappa shape index (κ2) is 4.24. The highest BCUT2D eigenvalue weighted by Crippen LogP contribution is 2.41. The molecule has 0 saturated carbocycles. The summed E-state index contributed by atoms with van der Waals surface area (Å²) in [7, 11) is -2.95. The van der Waals surface area contributed by atoms with E-state index in [0.29, 0.717) is 5.17 Å². The van der Waals surface area contributed by atoms with Crippen LogP contribution in [-0.2, 0) is 9.84 Å². The highest BCUT2D eigenvalue weighted by molar-refractivity contribution is 8.15. The van der Waals surface area contributed by atoms with Gasteiger partial charge in [0.05, 0.1) is 17.5 Å². The number of fused-ring (bicyclic) bond motifs is 1. The van der Waals surface area contributed by atoms with Crippen molar-refractivity contribution in [2.24, 2.45) is 0 Å². The Kier molecular flexibility index (Phi) is 2.90. The number of amidine groups is 1. The van der Waals surface area contributed by atoms with Crippen LogP contribution in [0.4, 0.5) is 5.69 Å². The van der Waals surface area contributed by atoms with Crippen LogP contribution in [0.1, 0.15) is 11.1 Å². The number of sulfone groups is 1. The Hall–Kier alpha value is -1.01. The summed E-state index contributed by atoms with van der Waals surface area (Å²) < 4.78 is 23.5. The van der Waals surface area contributed by atoms with E-state index in [2.05, 4.69) is 0 Å². The normalized spacial score (nSPS) is 28.7. The van der Waals surface area contributed by atoms with E-state index in [9.17, 15) is 8.42 Å². The van der Waals surface area contributed by atoms with E-state index in [1.165, 1.54) is 17.3 Å². The molecule has 2 heterocycles. The summed E-state index contributed by atoms with van der Waals surface area (Å²) in [6.45, 7) is 4.06. The zero-order chi connectivity index (χ0) is 13.8. The third kappa shape index (κ3) is 2.07. The van der Waals surface area contributed by atoms with Crippen LogP contribution in [0.15, 0.2) is 18.2 Å². The predicted octanol–water partition coefficient (Wildman–Crippen LogP) is 1.96. The summed E-state index contributed by atoms with van der Waals surface area (Å²) in [5, 5.41) is 8.61. The van der Waals surface area contributed by atoms with Gasteiger partial charge in [-0.05, 0) is 31.0 Å². The molecule has 0 radical (unpaired) electrons. The van der Waals surface area contributed by atoms with E-state index in [1.807, 2.05) is 36.9 Å². The van der Waals surface area contributed by atoms with Crippen LogP contribution in [-0.4, -0.2) is 36.4 Å². The fraction of sp³-hybridized carbons (Fsp3) is 0.462. The molecule has 2 aliphatic heterocycles. The van der Waals surface area contributed by atoms with Crippen molar-refractivity contribution < 1.29 is 8.42 Å². The standard InChI is InChI=1S/C13H16N2O2S2/c1-8-4-3-5-10(9(8)2)15-11-6-19(16,17)7-12(11)18-13(15)14/h3-5,11-12,14H,6-7H2,1-2H3/t11-,12+/m1/s1. The number of hydrogen-bond donors (Lipinski definition) is 1. The minimum atomic E-state index is -2.95. The van der Waals surface area contributed by atoms with E-state index in [1.54, 1.807) is 0 Å². The average Bonchev–Trinajstić information content (AvgIpc) is 2.73. The molecule has 4 nitrogen and oxygen atoms in total. The fourth-order valence-corrected chi connectivity index (χ4v) is 6.57. The van der Waals surface area contributed by atoms with Gasteiger partial charge in [-0.25, -0.2) is 8.42 Å². The van der Waals surface area contributed by atoms with E-state index in [0.717, 1.165) is 11.3 Å². The molecular formula is C13H16N2O2S2. The summed E-state index contributed by atoms with van der Waals surface area (Å²) in [4.78, 5) is 1.90. The van der Waals surface area contributed by atoms with Crippen molar-refractivity contribution in [2.75, 3.05) is 16.4 Å². The van der Waals surface area contributed by atoms with Crippen molar-refractivity contribution >= 4 is 32.5 Å². The Morgan fingerprint density at radius 1 is 1.32 bits per heavy atom. The van der Waals surface area contributed by atoms with Crippen molar-refractivity contribution in [3.63, 3.8) is 0 Å². The lowest BCUT2D eigenvalue weighted by atomic mass is 10.1. The van der Waals surface area contributed by atoms with Crippen LogP contribution in [0.25, 0.3) is 0 Å². The molecule has 19 heavy (non-hydrogen) atoms. The number of rotatable bonds is 1. The van der Waals surface area contributed by atoms with Crippen molar-refractivity contribution in [1.82, 2.24) is 0 Å². The number of thioether (sulfide) groups is 1. The van der Waals surface area contributed by atoms with Gasteiger partial charge in [0.2, 0.25) is 0 Å². The largest absolute Gasteiger partial charge is 0.316 e. The number of aryl methyl sites for hydroxylation is 1. The predicted molar refractivity (Wildman–Crippen MR) is 79.9 cm³/mol. The van der Waals surface area contributed by atoms with Crippen LogP contribution < -0.4 is 4.90 Å². The minimum absolute atomic E-state index is 0.0115. The molecule has 3 rings (SSSR count). The highest BCUT2D eigenvalue weighted by atomic mass is 32.2. The summed E-state index contributed by atoms with van der Waals surface area (Å²) in [6.07, 6.45) is 0. The first-order valence-electron chi connectivity index (χ1n) is 6.20. The molecule has 0 aliphatic carbocycles. The summed E-state index contributed by atoms with van der Waals surface area (Å²) in [5.41, 5.74) is 3.26. The average molecular weight is 296 g/mol. The molecule has 2 saturated heterocycles. The molecule has 0 bridgehead atoms. The number of anilines is 1. The minimum Gasteiger partial charge on any atom is -0.316 e. The van der Waals surface area contributed by atoms with Gasteiger partial charge in [0.1, 0.15) is 0 Å².